The van der Waals surface area contributed by atoms with Crippen molar-refractivity contribution in [3.8, 4) is 0 Å². The zero-order valence-corrected chi connectivity index (χ0v) is 14.4. The second kappa shape index (κ2) is 6.20. The molecule has 1 N–H and O–H groups in total. The normalized spacial score (nSPS) is 23.1. The van der Waals surface area contributed by atoms with E-state index >= 15 is 0 Å². The SMILES string of the molecule is CO[C@H]1C[C@@H](CN(C)S(=O)(=O)c2c[nH]c3ncccc23)N(C)C1. The molecule has 8 heteroatoms. The molecule has 0 aromatic carbocycles. The number of likely N-dealkylation sites (N-methyl/N-ethyl adjacent to an activating group) is 2. The third-order valence-corrected chi connectivity index (χ3v) is 6.42. The Bertz CT molecular complexity index is 789. The van der Waals surface area contributed by atoms with E-state index in [1.807, 2.05) is 7.05 Å². The fourth-order valence-corrected chi connectivity index (χ4v) is 4.47. The summed E-state index contributed by atoms with van der Waals surface area (Å²) in [6.45, 7) is 1.26. The van der Waals surface area contributed by atoms with Gasteiger partial charge in [-0.15, -0.1) is 0 Å². The van der Waals surface area contributed by atoms with E-state index in [0.29, 0.717) is 17.6 Å². The maximum Gasteiger partial charge on any atom is 0.245 e. The molecule has 2 aromatic heterocycles. The molecule has 0 aliphatic carbocycles. The van der Waals surface area contributed by atoms with Crippen molar-refractivity contribution in [1.29, 1.82) is 0 Å². The average Bonchev–Trinajstić information content (AvgIpc) is 3.11. The Labute approximate surface area is 136 Å². The summed E-state index contributed by atoms with van der Waals surface area (Å²) in [4.78, 5) is 9.49. The molecule has 126 valence electrons. The maximum absolute atomic E-state index is 12.9. The van der Waals surface area contributed by atoms with Crippen molar-refractivity contribution in [1.82, 2.24) is 19.2 Å². The van der Waals surface area contributed by atoms with Crippen molar-refractivity contribution >= 4 is 21.1 Å². The number of hydrogen-bond donors (Lipinski definition) is 1. The summed E-state index contributed by atoms with van der Waals surface area (Å²) in [5.74, 6) is 0. The number of fused-ring (bicyclic) bond motifs is 1. The van der Waals surface area contributed by atoms with Crippen LogP contribution in [-0.4, -0.2) is 74.0 Å². The first-order valence-electron chi connectivity index (χ1n) is 7.55. The standard InChI is InChI=1S/C15H22N4O3S/c1-18-10-12(22-3)7-11(18)9-19(2)23(20,21)14-8-17-15-13(14)5-4-6-16-15/h4-6,8,11-12H,7,9-10H2,1-3H3,(H,16,17)/t11-,12-/m0/s1. The van der Waals surface area contributed by atoms with Gasteiger partial charge in [0, 0.05) is 51.1 Å². The van der Waals surface area contributed by atoms with Crippen molar-refractivity contribution in [2.24, 2.45) is 0 Å². The molecule has 1 fully saturated rings. The number of aromatic nitrogens is 2. The Morgan fingerprint density at radius 1 is 1.52 bits per heavy atom. The molecule has 2 aromatic rings. The van der Waals surface area contributed by atoms with Crippen molar-refractivity contribution in [3.63, 3.8) is 0 Å². The zero-order valence-electron chi connectivity index (χ0n) is 13.6. The lowest BCUT2D eigenvalue weighted by atomic mass is 10.2. The van der Waals surface area contributed by atoms with Crippen LogP contribution in [0.3, 0.4) is 0 Å². The van der Waals surface area contributed by atoms with E-state index in [1.165, 1.54) is 10.5 Å². The predicted molar refractivity (Wildman–Crippen MR) is 87.7 cm³/mol. The third-order valence-electron chi connectivity index (χ3n) is 4.55. The first-order valence-corrected chi connectivity index (χ1v) is 8.99. The van der Waals surface area contributed by atoms with Crippen LogP contribution in [0.5, 0.6) is 0 Å². The summed E-state index contributed by atoms with van der Waals surface area (Å²) in [7, 11) is 1.76. The monoisotopic (exact) mass is 338 g/mol. The first-order chi connectivity index (χ1) is 10.9. The predicted octanol–water partition coefficient (Wildman–Crippen LogP) is 0.902. The number of sulfonamides is 1. The molecule has 2 atom stereocenters. The molecule has 1 saturated heterocycles. The van der Waals surface area contributed by atoms with Gasteiger partial charge in [0.25, 0.3) is 0 Å². The van der Waals surface area contributed by atoms with Crippen LogP contribution in [0, 0.1) is 0 Å². The van der Waals surface area contributed by atoms with E-state index < -0.39 is 10.0 Å². The molecule has 3 rings (SSSR count). The molecule has 0 spiro atoms. The van der Waals surface area contributed by atoms with Gasteiger partial charge in [-0.1, -0.05) is 0 Å². The van der Waals surface area contributed by atoms with E-state index in [9.17, 15) is 8.42 Å². The van der Waals surface area contributed by atoms with Gasteiger partial charge in [0.2, 0.25) is 10.0 Å². The van der Waals surface area contributed by atoms with Crippen LogP contribution in [0.15, 0.2) is 29.4 Å². The molecule has 0 unspecified atom stereocenters. The van der Waals surface area contributed by atoms with E-state index in [1.54, 1.807) is 32.5 Å². The minimum Gasteiger partial charge on any atom is -0.380 e. The summed E-state index contributed by atoms with van der Waals surface area (Å²) in [5.41, 5.74) is 0.580. The number of H-pyrrole nitrogens is 1. The smallest absolute Gasteiger partial charge is 0.245 e. The molecule has 0 saturated carbocycles. The van der Waals surface area contributed by atoms with Crippen LogP contribution in [0.2, 0.25) is 0 Å². The Balaban J connectivity index is 1.82. The van der Waals surface area contributed by atoms with Gasteiger partial charge < -0.3 is 9.72 Å². The molecular weight excluding hydrogens is 316 g/mol. The highest BCUT2D eigenvalue weighted by molar-refractivity contribution is 7.89. The third kappa shape index (κ3) is 2.99. The summed E-state index contributed by atoms with van der Waals surface area (Å²) in [5, 5.41) is 0.619. The van der Waals surface area contributed by atoms with Gasteiger partial charge in [0.1, 0.15) is 10.5 Å². The highest BCUT2D eigenvalue weighted by Gasteiger charge is 2.33. The molecule has 0 bridgehead atoms. The number of nitrogens with one attached hydrogen (secondary N) is 1. The van der Waals surface area contributed by atoms with Crippen molar-refractivity contribution in [2.45, 2.75) is 23.5 Å². The average molecular weight is 338 g/mol. The molecule has 23 heavy (non-hydrogen) atoms. The first kappa shape index (κ1) is 16.4. The molecule has 0 radical (unpaired) electrons. The van der Waals surface area contributed by atoms with Crippen LogP contribution in [0.1, 0.15) is 6.42 Å². The van der Waals surface area contributed by atoms with Crippen LogP contribution in [0.4, 0.5) is 0 Å². The minimum atomic E-state index is -3.56. The number of rotatable bonds is 5. The zero-order chi connectivity index (χ0) is 16.6. The Hall–Kier alpha value is -1.48. The molecule has 0 amide bonds. The molecule has 1 aliphatic rings. The number of ether oxygens (including phenoxy) is 1. The number of nitrogens with zero attached hydrogens (tertiary/aromatic N) is 3. The second-order valence-electron chi connectivity index (χ2n) is 6.02. The van der Waals surface area contributed by atoms with Crippen LogP contribution >= 0.6 is 0 Å². The van der Waals surface area contributed by atoms with Crippen molar-refractivity contribution in [3.05, 3.63) is 24.5 Å². The van der Waals surface area contributed by atoms with Crippen molar-refractivity contribution in [2.75, 3.05) is 34.3 Å². The topological polar surface area (TPSA) is 78.5 Å². The van der Waals surface area contributed by atoms with Gasteiger partial charge in [0.15, 0.2) is 0 Å². The number of pyridine rings is 1. The number of aromatic amines is 1. The number of hydrogen-bond acceptors (Lipinski definition) is 5. The highest BCUT2D eigenvalue weighted by Crippen LogP contribution is 2.25. The van der Waals surface area contributed by atoms with Gasteiger partial charge >= 0.3 is 0 Å². The summed E-state index contributed by atoms with van der Waals surface area (Å²) in [6, 6.07) is 3.66. The number of methoxy groups -OCH3 is 1. The molecule has 1 aliphatic heterocycles. The highest BCUT2D eigenvalue weighted by atomic mass is 32.2. The van der Waals surface area contributed by atoms with Gasteiger partial charge in [-0.05, 0) is 25.6 Å². The Morgan fingerprint density at radius 2 is 2.30 bits per heavy atom. The Morgan fingerprint density at radius 3 is 3.00 bits per heavy atom. The van der Waals surface area contributed by atoms with Gasteiger partial charge in [-0.3, -0.25) is 4.90 Å². The van der Waals surface area contributed by atoms with Crippen molar-refractivity contribution < 1.29 is 13.2 Å². The summed E-state index contributed by atoms with van der Waals surface area (Å²) in [6.07, 6.45) is 4.15. The lowest BCUT2D eigenvalue weighted by molar-refractivity contribution is 0.111. The molecular formula is C15H22N4O3S. The maximum atomic E-state index is 12.9. The van der Waals surface area contributed by atoms with Crippen LogP contribution < -0.4 is 0 Å². The lowest BCUT2D eigenvalue weighted by Crippen LogP contribution is -2.39. The van der Waals surface area contributed by atoms with E-state index in [4.69, 9.17) is 4.74 Å². The molecule has 3 heterocycles. The fraction of sp³-hybridized carbons (Fsp3) is 0.533. The summed E-state index contributed by atoms with van der Waals surface area (Å²) >= 11 is 0. The van der Waals surface area contributed by atoms with E-state index in [0.717, 1.165) is 13.0 Å². The molecule has 7 nitrogen and oxygen atoms in total. The minimum absolute atomic E-state index is 0.156. The van der Waals surface area contributed by atoms with Crippen LogP contribution in [-0.2, 0) is 14.8 Å². The Kier molecular flexibility index (Phi) is 4.41. The van der Waals surface area contributed by atoms with Gasteiger partial charge in [-0.2, -0.15) is 4.31 Å². The second-order valence-corrected chi connectivity index (χ2v) is 8.04. The van der Waals surface area contributed by atoms with Gasteiger partial charge in [0.05, 0.1) is 6.10 Å². The quantitative estimate of drug-likeness (QED) is 0.876. The van der Waals surface area contributed by atoms with Gasteiger partial charge in [-0.25, -0.2) is 13.4 Å². The summed E-state index contributed by atoms with van der Waals surface area (Å²) < 4.78 is 32.6. The van der Waals surface area contributed by atoms with E-state index in [2.05, 4.69) is 14.9 Å². The lowest BCUT2D eigenvalue weighted by Gasteiger charge is -2.24. The van der Waals surface area contributed by atoms with E-state index in [-0.39, 0.29) is 17.0 Å². The fourth-order valence-electron chi connectivity index (χ4n) is 3.12. The largest absolute Gasteiger partial charge is 0.380 e. The van der Waals surface area contributed by atoms with Crippen LogP contribution in [0.25, 0.3) is 11.0 Å². The number of likely N-dealkylation sites (tertiary alicyclic amines) is 1.